The number of carbonyl (C=O) groups excluding carboxylic acids is 1. The van der Waals surface area contributed by atoms with Gasteiger partial charge < -0.3 is 14.8 Å². The molecule has 1 amide bonds. The number of hydrogen-bond donors (Lipinski definition) is 2. The van der Waals surface area contributed by atoms with Crippen molar-refractivity contribution in [1.29, 1.82) is 0 Å². The van der Waals surface area contributed by atoms with Gasteiger partial charge in [-0.1, -0.05) is 11.6 Å². The lowest BCUT2D eigenvalue weighted by Gasteiger charge is -2.13. The minimum atomic E-state index is -3.55. The average Bonchev–Trinajstić information content (AvgIpc) is 3.31. The number of methoxy groups -OCH3 is 1. The highest BCUT2D eigenvalue weighted by Crippen LogP contribution is 2.26. The van der Waals surface area contributed by atoms with Gasteiger partial charge in [0.25, 0.3) is 5.91 Å². The number of sulfonamides is 1. The largest absolute Gasteiger partial charge is 0.485 e. The maximum Gasteiger partial charge on any atom is 0.258 e. The van der Waals surface area contributed by atoms with E-state index in [1.54, 1.807) is 6.07 Å². The Balaban J connectivity index is 1.57. The summed E-state index contributed by atoms with van der Waals surface area (Å²) in [6.45, 7) is 0.0772. The van der Waals surface area contributed by atoms with E-state index in [2.05, 4.69) is 20.1 Å². The first kappa shape index (κ1) is 28.0. The number of aromatic nitrogens is 3. The minimum absolute atomic E-state index is 0.147. The van der Waals surface area contributed by atoms with Gasteiger partial charge in [-0.25, -0.2) is 26.9 Å². The molecular weight excluding hydrogens is 556 g/mol. The number of carbonyl (C=O) groups is 1. The molecule has 4 rings (SSSR count). The average molecular weight is 578 g/mol. The zero-order valence-corrected chi connectivity index (χ0v) is 22.2. The second-order valence-corrected chi connectivity index (χ2v) is 10.6. The molecule has 0 aliphatic rings. The van der Waals surface area contributed by atoms with Crippen LogP contribution in [0.15, 0.2) is 61.1 Å². The van der Waals surface area contributed by atoms with Gasteiger partial charge in [-0.15, -0.1) is 0 Å². The van der Waals surface area contributed by atoms with Crippen LogP contribution in [-0.4, -0.2) is 42.5 Å². The van der Waals surface area contributed by atoms with Crippen molar-refractivity contribution < 1.29 is 31.5 Å². The van der Waals surface area contributed by atoms with E-state index in [4.69, 9.17) is 21.1 Å². The van der Waals surface area contributed by atoms with Crippen molar-refractivity contribution in [2.45, 2.75) is 13.2 Å². The van der Waals surface area contributed by atoms with Gasteiger partial charge in [-0.2, -0.15) is 5.10 Å². The lowest BCUT2D eigenvalue weighted by Crippen LogP contribution is -2.13. The molecule has 10 nitrogen and oxygen atoms in total. The molecule has 0 saturated heterocycles. The second kappa shape index (κ2) is 11.8. The minimum Gasteiger partial charge on any atom is -0.485 e. The van der Waals surface area contributed by atoms with Crippen LogP contribution in [0.3, 0.4) is 0 Å². The zero-order valence-electron chi connectivity index (χ0n) is 20.6. The first-order chi connectivity index (χ1) is 18.5. The monoisotopic (exact) mass is 577 g/mol. The molecule has 0 radical (unpaired) electrons. The van der Waals surface area contributed by atoms with E-state index in [-0.39, 0.29) is 52.3 Å². The molecule has 4 aromatic rings. The summed E-state index contributed by atoms with van der Waals surface area (Å²) < 4.78 is 64.8. The molecule has 2 N–H and O–H groups in total. The highest BCUT2D eigenvalue weighted by atomic mass is 35.5. The third-order valence-electron chi connectivity index (χ3n) is 5.04. The molecule has 204 valence electrons. The maximum absolute atomic E-state index is 13.6. The van der Waals surface area contributed by atoms with Gasteiger partial charge in [0.15, 0.2) is 11.6 Å². The number of hydrogen-bond acceptors (Lipinski definition) is 7. The fraction of sp³-hybridized carbons (Fsp3) is 0.160. The van der Waals surface area contributed by atoms with Crippen LogP contribution in [0.4, 0.5) is 20.2 Å². The van der Waals surface area contributed by atoms with Gasteiger partial charge in [-0.3, -0.25) is 9.52 Å². The fourth-order valence-corrected chi connectivity index (χ4v) is 4.33. The predicted octanol–water partition coefficient (Wildman–Crippen LogP) is 4.55. The molecule has 0 fully saturated rings. The number of anilines is 2. The number of halogens is 3. The van der Waals surface area contributed by atoms with Crippen LogP contribution < -0.4 is 14.8 Å². The molecule has 2 aromatic heterocycles. The molecule has 0 atom stereocenters. The van der Waals surface area contributed by atoms with Gasteiger partial charge in [0.1, 0.15) is 18.2 Å². The molecule has 2 heterocycles. The summed E-state index contributed by atoms with van der Waals surface area (Å²) >= 11 is 6.06. The number of nitrogens with one attached hydrogen (secondary N) is 2. The fourth-order valence-electron chi connectivity index (χ4n) is 3.55. The predicted molar refractivity (Wildman–Crippen MR) is 141 cm³/mol. The van der Waals surface area contributed by atoms with Gasteiger partial charge in [0.2, 0.25) is 10.0 Å². The number of benzene rings is 2. The van der Waals surface area contributed by atoms with E-state index < -0.39 is 27.6 Å². The van der Waals surface area contributed by atoms with Crippen molar-refractivity contribution in [3.8, 4) is 11.6 Å². The summed E-state index contributed by atoms with van der Waals surface area (Å²) in [5, 5.41) is 7.04. The van der Waals surface area contributed by atoms with Gasteiger partial charge >= 0.3 is 0 Å². The third-order valence-corrected chi connectivity index (χ3v) is 5.86. The van der Waals surface area contributed by atoms with Crippen molar-refractivity contribution in [2.75, 3.05) is 23.4 Å². The molecule has 0 unspecified atom stereocenters. The molecular formula is C25H22ClF2N5O5S. The van der Waals surface area contributed by atoms with Crippen molar-refractivity contribution in [1.82, 2.24) is 14.8 Å². The molecule has 39 heavy (non-hydrogen) atoms. The van der Waals surface area contributed by atoms with E-state index in [0.717, 1.165) is 24.5 Å². The number of pyridine rings is 1. The Bertz CT molecular complexity index is 1610. The van der Waals surface area contributed by atoms with Crippen LogP contribution in [-0.2, 0) is 28.0 Å². The Kier molecular flexibility index (Phi) is 8.43. The van der Waals surface area contributed by atoms with E-state index >= 15 is 0 Å². The molecule has 0 saturated carbocycles. The summed E-state index contributed by atoms with van der Waals surface area (Å²) in [7, 11) is -2.04. The molecule has 0 aliphatic heterocycles. The lowest BCUT2D eigenvalue weighted by atomic mass is 10.2. The molecule has 0 aliphatic carbocycles. The Hall–Kier alpha value is -4.07. The first-order valence-electron chi connectivity index (χ1n) is 11.2. The summed E-state index contributed by atoms with van der Waals surface area (Å²) in [5.41, 5.74) is 1.51. The molecule has 14 heteroatoms. The van der Waals surface area contributed by atoms with Gasteiger partial charge in [0, 0.05) is 36.3 Å². The Morgan fingerprint density at radius 3 is 2.41 bits per heavy atom. The second-order valence-electron chi connectivity index (χ2n) is 8.40. The summed E-state index contributed by atoms with van der Waals surface area (Å²) in [4.78, 5) is 17.2. The quantitative estimate of drug-likeness (QED) is 0.283. The highest BCUT2D eigenvalue weighted by Gasteiger charge is 2.16. The smallest absolute Gasteiger partial charge is 0.258 e. The number of ether oxygens (including phenoxy) is 2. The summed E-state index contributed by atoms with van der Waals surface area (Å²) in [6, 6.07) is 8.97. The van der Waals surface area contributed by atoms with Crippen molar-refractivity contribution in [3.05, 3.63) is 94.4 Å². The zero-order chi connectivity index (χ0) is 28.2. The van der Waals surface area contributed by atoms with Crippen LogP contribution in [0.2, 0.25) is 5.02 Å². The van der Waals surface area contributed by atoms with E-state index in [1.807, 2.05) is 0 Å². The van der Waals surface area contributed by atoms with Crippen molar-refractivity contribution >= 4 is 38.9 Å². The topological polar surface area (TPSA) is 124 Å². The SMILES string of the molecule is COCc1cnc(-n2cc(C(=O)Nc3cc(Cl)cc(NS(C)(=O)=O)c3)cn2)c(OCc2cc(F)cc(F)c2)c1. The number of nitrogens with zero attached hydrogens (tertiary/aromatic N) is 3. The molecule has 0 spiro atoms. The van der Waals surface area contributed by atoms with Crippen molar-refractivity contribution in [3.63, 3.8) is 0 Å². The van der Waals surface area contributed by atoms with Gasteiger partial charge in [0.05, 0.1) is 30.3 Å². The summed E-state index contributed by atoms with van der Waals surface area (Å²) in [6.07, 6.45) is 5.23. The lowest BCUT2D eigenvalue weighted by molar-refractivity contribution is 0.102. The standard InChI is InChI=1S/C25H22ClF2N5O5S/c1-37-13-16-5-23(38-14-15-3-19(27)8-20(28)4-15)24(29-10-16)33-12-17(11-30-33)25(34)31-21-6-18(26)7-22(9-21)32-39(2,35)36/h3-12,32H,13-14H2,1-2H3,(H,31,34). The van der Waals surface area contributed by atoms with Crippen LogP contribution in [0, 0.1) is 11.6 Å². The van der Waals surface area contributed by atoms with Crippen molar-refractivity contribution in [2.24, 2.45) is 0 Å². The number of rotatable bonds is 10. The molecule has 2 aromatic carbocycles. The van der Waals surface area contributed by atoms with Crippen LogP contribution in [0.25, 0.3) is 5.82 Å². The van der Waals surface area contributed by atoms with E-state index in [9.17, 15) is 22.0 Å². The summed E-state index contributed by atoms with van der Waals surface area (Å²) in [5.74, 6) is -1.57. The molecule has 0 bridgehead atoms. The van der Waals surface area contributed by atoms with Crippen LogP contribution >= 0.6 is 11.6 Å². The van der Waals surface area contributed by atoms with Crippen LogP contribution in [0.1, 0.15) is 21.5 Å². The van der Waals surface area contributed by atoms with E-state index in [1.165, 1.54) is 48.6 Å². The Morgan fingerprint density at radius 2 is 1.72 bits per heavy atom. The Labute approximate surface area is 227 Å². The number of amides is 1. The normalized spacial score (nSPS) is 11.3. The first-order valence-corrected chi connectivity index (χ1v) is 13.5. The van der Waals surface area contributed by atoms with E-state index in [0.29, 0.717) is 5.56 Å². The van der Waals surface area contributed by atoms with Crippen LogP contribution in [0.5, 0.6) is 5.75 Å². The third kappa shape index (κ3) is 7.72. The Morgan fingerprint density at radius 1 is 1.00 bits per heavy atom. The maximum atomic E-state index is 13.6. The van der Waals surface area contributed by atoms with Gasteiger partial charge in [-0.05, 0) is 47.5 Å². The highest BCUT2D eigenvalue weighted by molar-refractivity contribution is 7.92.